The minimum atomic E-state index is -0.707. The van der Waals surface area contributed by atoms with E-state index >= 15 is 0 Å². The molecule has 0 atom stereocenters. The molecule has 1 aromatic carbocycles. The molecule has 4 N–H and O–H groups in total. The first-order chi connectivity index (χ1) is 12.4. The number of pyridine rings is 1. The van der Waals surface area contributed by atoms with Crippen molar-refractivity contribution in [2.75, 3.05) is 0 Å². The predicted octanol–water partition coefficient (Wildman–Crippen LogP) is 2.52. The zero-order valence-electron chi connectivity index (χ0n) is 13.7. The lowest BCUT2D eigenvalue weighted by atomic mass is 10.1. The Hall–Kier alpha value is -3.13. The third-order valence-electron chi connectivity index (χ3n) is 3.67. The molecule has 0 fully saturated rings. The molecule has 0 spiro atoms. The average Bonchev–Trinajstić information content (AvgIpc) is 3.06. The van der Waals surface area contributed by atoms with Crippen LogP contribution in [0.25, 0.3) is 11.3 Å². The van der Waals surface area contributed by atoms with Crippen LogP contribution in [-0.4, -0.2) is 21.8 Å². The lowest BCUT2D eigenvalue weighted by Crippen LogP contribution is -2.43. The SMILES string of the molecule is Cc1cccc(-c2ccc(C(=O)NNC(=O)c3cc(Br)c[nH]3)c(=O)[nH]2)c1. The lowest BCUT2D eigenvalue weighted by Gasteiger charge is -2.07. The summed E-state index contributed by atoms with van der Waals surface area (Å²) in [4.78, 5) is 41.7. The van der Waals surface area contributed by atoms with E-state index in [1.165, 1.54) is 6.07 Å². The molecule has 3 aromatic rings. The highest BCUT2D eigenvalue weighted by Gasteiger charge is 2.14. The Morgan fingerprint density at radius 1 is 1.04 bits per heavy atom. The molecule has 26 heavy (non-hydrogen) atoms. The number of amides is 2. The van der Waals surface area contributed by atoms with E-state index in [4.69, 9.17) is 0 Å². The van der Waals surface area contributed by atoms with Gasteiger partial charge in [-0.1, -0.05) is 23.8 Å². The van der Waals surface area contributed by atoms with Gasteiger partial charge in [0.05, 0.1) is 0 Å². The molecule has 3 rings (SSSR count). The molecule has 8 heteroatoms. The van der Waals surface area contributed by atoms with Crippen molar-refractivity contribution in [1.82, 2.24) is 20.8 Å². The topological polar surface area (TPSA) is 107 Å². The van der Waals surface area contributed by atoms with E-state index in [1.807, 2.05) is 31.2 Å². The molecule has 7 nitrogen and oxygen atoms in total. The Morgan fingerprint density at radius 3 is 2.46 bits per heavy atom. The molecule has 132 valence electrons. The van der Waals surface area contributed by atoms with Crippen LogP contribution in [0.3, 0.4) is 0 Å². The van der Waals surface area contributed by atoms with Crippen molar-refractivity contribution in [2.24, 2.45) is 0 Å². The molecule has 2 amide bonds. The summed E-state index contributed by atoms with van der Waals surface area (Å²) in [6.07, 6.45) is 1.59. The van der Waals surface area contributed by atoms with E-state index in [-0.39, 0.29) is 11.3 Å². The fourth-order valence-electron chi connectivity index (χ4n) is 2.38. The molecule has 0 unspecified atom stereocenters. The maximum atomic E-state index is 12.2. The number of nitrogens with one attached hydrogen (secondary N) is 4. The fraction of sp³-hybridized carbons (Fsp3) is 0.0556. The minimum absolute atomic E-state index is 0.102. The number of aromatic nitrogens is 2. The zero-order chi connectivity index (χ0) is 18.7. The second-order valence-corrected chi connectivity index (χ2v) is 6.54. The molecule has 0 saturated heterocycles. The largest absolute Gasteiger partial charge is 0.356 e. The summed E-state index contributed by atoms with van der Waals surface area (Å²) in [5.74, 6) is -1.24. The Balaban J connectivity index is 1.72. The minimum Gasteiger partial charge on any atom is -0.356 e. The van der Waals surface area contributed by atoms with Gasteiger partial charge in [0.15, 0.2) is 0 Å². The molecule has 2 aromatic heterocycles. The van der Waals surface area contributed by atoms with Gasteiger partial charge in [0.1, 0.15) is 11.3 Å². The molecule has 0 aliphatic carbocycles. The maximum absolute atomic E-state index is 12.2. The van der Waals surface area contributed by atoms with Crippen LogP contribution in [0.4, 0.5) is 0 Å². The number of carbonyl (C=O) groups excluding carboxylic acids is 2. The summed E-state index contributed by atoms with van der Waals surface area (Å²) < 4.78 is 0.706. The van der Waals surface area contributed by atoms with Crippen LogP contribution in [0.2, 0.25) is 0 Å². The van der Waals surface area contributed by atoms with Crippen molar-refractivity contribution in [3.05, 3.63) is 80.3 Å². The number of hydrogen-bond acceptors (Lipinski definition) is 3. The number of aryl methyl sites for hydroxylation is 1. The number of halogens is 1. The number of carbonyl (C=O) groups is 2. The monoisotopic (exact) mass is 414 g/mol. The van der Waals surface area contributed by atoms with Crippen LogP contribution in [-0.2, 0) is 0 Å². The van der Waals surface area contributed by atoms with Gasteiger partial charge in [0, 0.05) is 16.4 Å². The normalized spacial score (nSPS) is 10.4. The van der Waals surface area contributed by atoms with Crippen molar-refractivity contribution in [3.8, 4) is 11.3 Å². The maximum Gasteiger partial charge on any atom is 0.286 e. The average molecular weight is 415 g/mol. The first-order valence-electron chi connectivity index (χ1n) is 7.69. The summed E-state index contributed by atoms with van der Waals surface area (Å²) in [5.41, 5.74) is 6.60. The van der Waals surface area contributed by atoms with Crippen LogP contribution in [0, 0.1) is 6.92 Å². The van der Waals surface area contributed by atoms with E-state index in [1.54, 1.807) is 18.3 Å². The number of benzene rings is 1. The van der Waals surface area contributed by atoms with Crippen LogP contribution in [0.5, 0.6) is 0 Å². The Labute approximate surface area is 156 Å². The summed E-state index contributed by atoms with van der Waals surface area (Å²) in [6.45, 7) is 1.95. The first-order valence-corrected chi connectivity index (χ1v) is 8.48. The van der Waals surface area contributed by atoms with E-state index in [0.29, 0.717) is 10.2 Å². The summed E-state index contributed by atoms with van der Waals surface area (Å²) in [5, 5.41) is 0. The Morgan fingerprint density at radius 2 is 1.81 bits per heavy atom. The number of hydrogen-bond donors (Lipinski definition) is 4. The highest BCUT2D eigenvalue weighted by atomic mass is 79.9. The summed E-state index contributed by atoms with van der Waals surface area (Å²) in [7, 11) is 0. The predicted molar refractivity (Wildman–Crippen MR) is 101 cm³/mol. The van der Waals surface area contributed by atoms with Gasteiger partial charge in [-0.3, -0.25) is 25.2 Å². The zero-order valence-corrected chi connectivity index (χ0v) is 15.3. The third kappa shape index (κ3) is 3.92. The van der Waals surface area contributed by atoms with Crippen molar-refractivity contribution >= 4 is 27.7 Å². The van der Waals surface area contributed by atoms with Crippen LogP contribution in [0.1, 0.15) is 26.4 Å². The van der Waals surface area contributed by atoms with Gasteiger partial charge >= 0.3 is 0 Å². The molecular formula is C18H15BrN4O3. The molecule has 0 saturated carbocycles. The molecule has 2 heterocycles. The molecule has 0 radical (unpaired) electrons. The number of hydrazine groups is 1. The van der Waals surface area contributed by atoms with Crippen molar-refractivity contribution < 1.29 is 9.59 Å². The fourth-order valence-corrected chi connectivity index (χ4v) is 2.72. The second kappa shape index (κ2) is 7.40. The van der Waals surface area contributed by atoms with Crippen LogP contribution in [0.15, 0.2) is 57.9 Å². The van der Waals surface area contributed by atoms with E-state index < -0.39 is 17.4 Å². The van der Waals surface area contributed by atoms with Gasteiger partial charge < -0.3 is 9.97 Å². The van der Waals surface area contributed by atoms with Gasteiger partial charge in [0.25, 0.3) is 17.4 Å². The number of rotatable bonds is 3. The highest BCUT2D eigenvalue weighted by molar-refractivity contribution is 9.10. The van der Waals surface area contributed by atoms with Gasteiger partial charge in [-0.25, -0.2) is 0 Å². The molecule has 0 bridgehead atoms. The van der Waals surface area contributed by atoms with Gasteiger partial charge in [-0.15, -0.1) is 0 Å². The molecule has 0 aliphatic heterocycles. The first kappa shape index (κ1) is 17.7. The number of aromatic amines is 2. The molecule has 0 aliphatic rings. The van der Waals surface area contributed by atoms with Crippen molar-refractivity contribution in [3.63, 3.8) is 0 Å². The van der Waals surface area contributed by atoms with Crippen molar-refractivity contribution in [1.29, 1.82) is 0 Å². The second-order valence-electron chi connectivity index (χ2n) is 5.62. The third-order valence-corrected chi connectivity index (χ3v) is 4.12. The smallest absolute Gasteiger partial charge is 0.286 e. The van der Waals surface area contributed by atoms with Gasteiger partial charge in [0.2, 0.25) is 0 Å². The highest BCUT2D eigenvalue weighted by Crippen LogP contribution is 2.17. The van der Waals surface area contributed by atoms with Crippen LogP contribution < -0.4 is 16.4 Å². The van der Waals surface area contributed by atoms with E-state index in [0.717, 1.165) is 11.1 Å². The summed E-state index contributed by atoms with van der Waals surface area (Å²) >= 11 is 3.21. The molecular weight excluding hydrogens is 400 g/mol. The quantitative estimate of drug-likeness (QED) is 0.494. The Kier molecular flexibility index (Phi) is 5.04. The lowest BCUT2D eigenvalue weighted by molar-refractivity contribution is 0.0843. The van der Waals surface area contributed by atoms with Gasteiger partial charge in [-0.05, 0) is 52.7 Å². The van der Waals surface area contributed by atoms with E-state index in [9.17, 15) is 14.4 Å². The summed E-state index contributed by atoms with van der Waals surface area (Å²) in [6, 6.07) is 12.3. The van der Waals surface area contributed by atoms with Crippen molar-refractivity contribution in [2.45, 2.75) is 6.92 Å². The van der Waals surface area contributed by atoms with Gasteiger partial charge in [-0.2, -0.15) is 0 Å². The van der Waals surface area contributed by atoms with Crippen LogP contribution >= 0.6 is 15.9 Å². The van der Waals surface area contributed by atoms with E-state index in [2.05, 4.69) is 36.7 Å². The Bertz CT molecular complexity index is 1040. The standard InChI is InChI=1S/C18H15BrN4O3/c1-10-3-2-4-11(7-10)14-6-5-13(16(24)21-14)17(25)22-23-18(26)15-8-12(19)9-20-15/h2-9,20H,1H3,(H,21,24)(H,22,25)(H,23,26). The number of H-pyrrole nitrogens is 2.